The molecule has 1 aromatic rings. The molecule has 104 valence electrons. The van der Waals surface area contributed by atoms with Crippen LogP contribution in [0.15, 0.2) is 30.3 Å². The Balaban J connectivity index is 2.18. The molecule has 0 radical (unpaired) electrons. The summed E-state index contributed by atoms with van der Waals surface area (Å²) < 4.78 is 0. The van der Waals surface area contributed by atoms with Gasteiger partial charge in [0.2, 0.25) is 5.91 Å². The summed E-state index contributed by atoms with van der Waals surface area (Å²) in [6.07, 6.45) is 1.80. The molecule has 1 atom stereocenters. The van der Waals surface area contributed by atoms with Gasteiger partial charge in [-0.3, -0.25) is 9.59 Å². The second kappa shape index (κ2) is 8.58. The number of aryl methyl sites for hydroxylation is 1. The summed E-state index contributed by atoms with van der Waals surface area (Å²) in [5.74, 6) is -0.838. The van der Waals surface area contributed by atoms with E-state index in [9.17, 15) is 9.59 Å². The second-order valence-corrected chi connectivity index (χ2v) is 5.36. The minimum Gasteiger partial charge on any atom is -0.481 e. The molecule has 0 aromatic heterocycles. The van der Waals surface area contributed by atoms with E-state index in [1.165, 1.54) is 5.56 Å². The van der Waals surface area contributed by atoms with E-state index >= 15 is 0 Å². The van der Waals surface area contributed by atoms with Crippen LogP contribution in [0.4, 0.5) is 0 Å². The molecule has 2 N–H and O–H groups in total. The summed E-state index contributed by atoms with van der Waals surface area (Å²) in [6.45, 7) is 1.96. The zero-order chi connectivity index (χ0) is 14.1. The van der Waals surface area contributed by atoms with Crippen LogP contribution in [-0.4, -0.2) is 34.5 Å². The highest BCUT2D eigenvalue weighted by Crippen LogP contribution is 2.05. The molecule has 0 bridgehead atoms. The van der Waals surface area contributed by atoms with E-state index < -0.39 is 5.97 Å². The van der Waals surface area contributed by atoms with Crippen molar-refractivity contribution >= 4 is 23.6 Å². The van der Waals surface area contributed by atoms with Crippen LogP contribution in [-0.2, 0) is 16.0 Å². The first-order chi connectivity index (χ1) is 9.08. The summed E-state index contributed by atoms with van der Waals surface area (Å²) in [5, 5.41) is 11.3. The van der Waals surface area contributed by atoms with Crippen LogP contribution in [0.3, 0.4) is 0 Å². The lowest BCUT2D eigenvalue weighted by atomic mass is 10.1. The number of carboxylic acids is 1. The molecule has 5 heteroatoms. The number of aliphatic carboxylic acids is 1. The molecule has 0 aliphatic carbocycles. The third kappa shape index (κ3) is 7.51. The Kier molecular flexibility index (Phi) is 7.03. The van der Waals surface area contributed by atoms with Crippen molar-refractivity contribution in [2.75, 3.05) is 11.5 Å². The Morgan fingerprint density at radius 2 is 1.95 bits per heavy atom. The lowest BCUT2D eigenvalue weighted by Gasteiger charge is -2.13. The summed E-state index contributed by atoms with van der Waals surface area (Å²) in [6, 6.07) is 10.2. The first kappa shape index (κ1) is 15.6. The van der Waals surface area contributed by atoms with Crippen LogP contribution in [0, 0.1) is 0 Å². The molecule has 0 saturated heterocycles. The zero-order valence-electron chi connectivity index (χ0n) is 11.0. The molecule has 1 rings (SSSR count). The van der Waals surface area contributed by atoms with Crippen molar-refractivity contribution in [3.8, 4) is 0 Å². The maximum Gasteiger partial charge on any atom is 0.313 e. The fraction of sp³-hybridized carbons (Fsp3) is 0.429. The van der Waals surface area contributed by atoms with Crippen LogP contribution >= 0.6 is 11.8 Å². The molecular formula is C14H19NO3S. The maximum atomic E-state index is 11.5. The quantitative estimate of drug-likeness (QED) is 0.764. The van der Waals surface area contributed by atoms with E-state index in [-0.39, 0.29) is 23.5 Å². The van der Waals surface area contributed by atoms with Crippen LogP contribution < -0.4 is 5.32 Å². The Morgan fingerprint density at radius 1 is 1.26 bits per heavy atom. The molecular weight excluding hydrogens is 262 g/mol. The number of carbonyl (C=O) groups excluding carboxylic acids is 1. The van der Waals surface area contributed by atoms with E-state index in [4.69, 9.17) is 5.11 Å². The lowest BCUT2D eigenvalue weighted by Crippen LogP contribution is -2.34. The Bertz CT molecular complexity index is 408. The van der Waals surface area contributed by atoms with Crippen molar-refractivity contribution in [1.29, 1.82) is 0 Å². The third-order valence-electron chi connectivity index (χ3n) is 2.57. The van der Waals surface area contributed by atoms with E-state index in [1.54, 1.807) is 0 Å². The number of carboxylic acid groups (broad SMARTS) is 1. The van der Waals surface area contributed by atoms with Gasteiger partial charge in [0, 0.05) is 6.04 Å². The number of hydrogen-bond acceptors (Lipinski definition) is 3. The molecule has 0 heterocycles. The van der Waals surface area contributed by atoms with Crippen molar-refractivity contribution in [3.63, 3.8) is 0 Å². The van der Waals surface area contributed by atoms with Gasteiger partial charge in [-0.2, -0.15) is 0 Å². The van der Waals surface area contributed by atoms with Gasteiger partial charge >= 0.3 is 5.97 Å². The summed E-state index contributed by atoms with van der Waals surface area (Å²) in [5.41, 5.74) is 1.25. The summed E-state index contributed by atoms with van der Waals surface area (Å²) in [7, 11) is 0. The van der Waals surface area contributed by atoms with Gasteiger partial charge in [-0.05, 0) is 25.3 Å². The highest BCUT2D eigenvalue weighted by molar-refractivity contribution is 8.00. The highest BCUT2D eigenvalue weighted by Gasteiger charge is 2.08. The number of nitrogens with one attached hydrogen (secondary N) is 1. The van der Waals surface area contributed by atoms with Crippen LogP contribution in [0.5, 0.6) is 0 Å². The number of rotatable bonds is 8. The highest BCUT2D eigenvalue weighted by atomic mass is 32.2. The number of amides is 1. The fourth-order valence-corrected chi connectivity index (χ4v) is 2.19. The van der Waals surface area contributed by atoms with E-state index in [0.29, 0.717) is 0 Å². The van der Waals surface area contributed by atoms with E-state index in [2.05, 4.69) is 17.4 Å². The molecule has 1 unspecified atom stereocenters. The van der Waals surface area contributed by atoms with E-state index in [0.717, 1.165) is 24.6 Å². The van der Waals surface area contributed by atoms with Crippen molar-refractivity contribution < 1.29 is 14.7 Å². The van der Waals surface area contributed by atoms with Gasteiger partial charge in [0.15, 0.2) is 0 Å². The monoisotopic (exact) mass is 281 g/mol. The lowest BCUT2D eigenvalue weighted by molar-refractivity contribution is -0.133. The number of thioether (sulfide) groups is 1. The van der Waals surface area contributed by atoms with Gasteiger partial charge in [0.1, 0.15) is 0 Å². The molecule has 19 heavy (non-hydrogen) atoms. The number of carbonyl (C=O) groups is 2. The predicted octanol–water partition coefficient (Wildman–Crippen LogP) is 1.94. The minimum absolute atomic E-state index is 0.0359. The Labute approximate surface area is 117 Å². The van der Waals surface area contributed by atoms with Gasteiger partial charge in [-0.25, -0.2) is 0 Å². The largest absolute Gasteiger partial charge is 0.481 e. The molecule has 4 nitrogen and oxygen atoms in total. The maximum absolute atomic E-state index is 11.5. The molecule has 0 aliphatic heterocycles. The number of benzene rings is 1. The minimum atomic E-state index is -0.894. The normalized spacial score (nSPS) is 11.8. The van der Waals surface area contributed by atoms with Crippen molar-refractivity contribution in [2.45, 2.75) is 25.8 Å². The standard InChI is InChI=1S/C14H19NO3S/c1-11(7-8-12-5-3-2-4-6-12)15-13(16)9-19-10-14(17)18/h2-6,11H,7-10H2,1H3,(H,15,16)(H,17,18). The molecule has 1 amide bonds. The average molecular weight is 281 g/mol. The van der Waals surface area contributed by atoms with Crippen molar-refractivity contribution in [1.82, 2.24) is 5.32 Å². The molecule has 0 fully saturated rings. The smallest absolute Gasteiger partial charge is 0.313 e. The van der Waals surface area contributed by atoms with Crippen LogP contribution in [0.2, 0.25) is 0 Å². The topological polar surface area (TPSA) is 66.4 Å². The molecule has 1 aromatic carbocycles. The fourth-order valence-electron chi connectivity index (χ4n) is 1.65. The first-order valence-electron chi connectivity index (χ1n) is 6.20. The predicted molar refractivity (Wildman–Crippen MR) is 77.3 cm³/mol. The summed E-state index contributed by atoms with van der Waals surface area (Å²) in [4.78, 5) is 21.8. The first-order valence-corrected chi connectivity index (χ1v) is 7.36. The summed E-state index contributed by atoms with van der Waals surface area (Å²) >= 11 is 1.11. The Morgan fingerprint density at radius 3 is 2.58 bits per heavy atom. The van der Waals surface area contributed by atoms with Crippen molar-refractivity contribution in [3.05, 3.63) is 35.9 Å². The third-order valence-corrected chi connectivity index (χ3v) is 3.49. The van der Waals surface area contributed by atoms with E-state index in [1.807, 2.05) is 25.1 Å². The SMILES string of the molecule is CC(CCc1ccccc1)NC(=O)CSCC(=O)O. The van der Waals surface area contributed by atoms with Crippen LogP contribution in [0.1, 0.15) is 18.9 Å². The molecule has 0 saturated carbocycles. The van der Waals surface area contributed by atoms with Gasteiger partial charge in [-0.1, -0.05) is 30.3 Å². The number of hydrogen-bond donors (Lipinski definition) is 2. The van der Waals surface area contributed by atoms with Crippen molar-refractivity contribution in [2.24, 2.45) is 0 Å². The molecule has 0 aliphatic rings. The van der Waals surface area contributed by atoms with Gasteiger partial charge < -0.3 is 10.4 Å². The van der Waals surface area contributed by atoms with Crippen LogP contribution in [0.25, 0.3) is 0 Å². The average Bonchev–Trinajstić information content (AvgIpc) is 2.37. The van der Waals surface area contributed by atoms with Gasteiger partial charge in [-0.15, -0.1) is 11.8 Å². The Hall–Kier alpha value is -1.49. The van der Waals surface area contributed by atoms with Gasteiger partial charge in [0.05, 0.1) is 11.5 Å². The van der Waals surface area contributed by atoms with Gasteiger partial charge in [0.25, 0.3) is 0 Å². The molecule has 0 spiro atoms. The zero-order valence-corrected chi connectivity index (χ0v) is 11.8. The second-order valence-electron chi connectivity index (χ2n) is 4.38.